The van der Waals surface area contributed by atoms with Crippen LogP contribution in [-0.2, 0) is 0 Å². The molecule has 0 amide bonds. The second-order valence-corrected chi connectivity index (χ2v) is 6.71. The molecule has 0 radical (unpaired) electrons. The first-order valence-corrected chi connectivity index (χ1v) is 8.53. The lowest BCUT2D eigenvalue weighted by Gasteiger charge is -2.07. The van der Waals surface area contributed by atoms with Crippen LogP contribution in [0, 0.1) is 20.8 Å². The van der Waals surface area contributed by atoms with Gasteiger partial charge in [-0.25, -0.2) is 0 Å². The topological polar surface area (TPSA) is 17.1 Å². The highest BCUT2D eigenvalue weighted by Crippen LogP contribution is 2.20. The highest BCUT2D eigenvalue weighted by atomic mass is 32.2. The van der Waals surface area contributed by atoms with Crippen molar-refractivity contribution in [2.75, 3.05) is 5.75 Å². The average molecular weight is 310 g/mol. The molecule has 0 atom stereocenters. The Labute approximate surface area is 137 Å². The summed E-state index contributed by atoms with van der Waals surface area (Å²) in [6.45, 7) is 8.45. The van der Waals surface area contributed by atoms with E-state index in [1.165, 1.54) is 21.6 Å². The molecule has 0 heterocycles. The predicted molar refractivity (Wildman–Crippen MR) is 96.9 cm³/mol. The lowest BCUT2D eigenvalue weighted by atomic mass is 9.98. The summed E-state index contributed by atoms with van der Waals surface area (Å²) in [6.07, 6.45) is 3.58. The molecule has 0 aliphatic heterocycles. The molecule has 0 unspecified atom stereocenters. The maximum absolute atomic E-state index is 12.3. The van der Waals surface area contributed by atoms with E-state index in [0.717, 1.165) is 16.9 Å². The molecule has 114 valence electrons. The quantitative estimate of drug-likeness (QED) is 0.405. The Morgan fingerprint density at radius 2 is 1.68 bits per heavy atom. The van der Waals surface area contributed by atoms with Crippen LogP contribution in [0.2, 0.25) is 0 Å². The molecule has 1 nitrogen and oxygen atoms in total. The average Bonchev–Trinajstić information content (AvgIpc) is 2.53. The van der Waals surface area contributed by atoms with Gasteiger partial charge in [-0.05, 0) is 79.1 Å². The number of benzene rings is 2. The van der Waals surface area contributed by atoms with Gasteiger partial charge in [0.15, 0.2) is 5.78 Å². The molecule has 2 rings (SSSR count). The summed E-state index contributed by atoms with van der Waals surface area (Å²) in [4.78, 5) is 13.5. The number of ketones is 1. The molecule has 0 saturated heterocycles. The van der Waals surface area contributed by atoms with Gasteiger partial charge in [0.1, 0.15) is 0 Å². The van der Waals surface area contributed by atoms with Crippen LogP contribution in [0.3, 0.4) is 0 Å². The van der Waals surface area contributed by atoms with Gasteiger partial charge < -0.3 is 0 Å². The first kappa shape index (κ1) is 16.6. The smallest absolute Gasteiger partial charge is 0.185 e. The largest absolute Gasteiger partial charge is 0.289 e. The van der Waals surface area contributed by atoms with E-state index in [4.69, 9.17) is 0 Å². The summed E-state index contributed by atoms with van der Waals surface area (Å²) < 4.78 is 0. The highest BCUT2D eigenvalue weighted by molar-refractivity contribution is 7.99. The van der Waals surface area contributed by atoms with Crippen molar-refractivity contribution in [3.05, 3.63) is 70.3 Å². The van der Waals surface area contributed by atoms with E-state index in [9.17, 15) is 4.79 Å². The summed E-state index contributed by atoms with van der Waals surface area (Å²) in [6, 6.07) is 12.0. The Morgan fingerprint density at radius 3 is 2.32 bits per heavy atom. The van der Waals surface area contributed by atoms with Gasteiger partial charge in [0.2, 0.25) is 0 Å². The van der Waals surface area contributed by atoms with Crippen molar-refractivity contribution in [2.24, 2.45) is 0 Å². The minimum Gasteiger partial charge on any atom is -0.289 e. The summed E-state index contributed by atoms with van der Waals surface area (Å²) in [5.74, 6) is 1.09. The fraction of sp³-hybridized carbons (Fsp3) is 0.250. The summed E-state index contributed by atoms with van der Waals surface area (Å²) >= 11 is 1.78. The van der Waals surface area contributed by atoms with E-state index in [1.54, 1.807) is 17.8 Å². The SMILES string of the molecule is CCSc1ccc(C(=O)C=Cc2ccc(C)c(C)c2C)cc1. The van der Waals surface area contributed by atoms with Gasteiger partial charge in [-0.2, -0.15) is 0 Å². The molecule has 0 spiro atoms. The van der Waals surface area contributed by atoms with Gasteiger partial charge in [0.05, 0.1) is 0 Å². The number of thioether (sulfide) groups is 1. The Hall–Kier alpha value is -1.80. The number of allylic oxidation sites excluding steroid dienone is 1. The number of hydrogen-bond donors (Lipinski definition) is 0. The summed E-state index contributed by atoms with van der Waals surface area (Å²) in [5.41, 5.74) is 5.65. The normalized spacial score (nSPS) is 11.1. The van der Waals surface area contributed by atoms with Crippen molar-refractivity contribution < 1.29 is 4.79 Å². The van der Waals surface area contributed by atoms with E-state index in [1.807, 2.05) is 30.3 Å². The van der Waals surface area contributed by atoms with Gasteiger partial charge in [-0.15, -0.1) is 11.8 Å². The maximum Gasteiger partial charge on any atom is 0.185 e. The van der Waals surface area contributed by atoms with Crippen molar-refractivity contribution in [1.82, 2.24) is 0 Å². The van der Waals surface area contributed by atoms with Gasteiger partial charge in [-0.3, -0.25) is 4.79 Å². The van der Waals surface area contributed by atoms with Gasteiger partial charge >= 0.3 is 0 Å². The molecule has 2 aromatic carbocycles. The maximum atomic E-state index is 12.3. The minimum absolute atomic E-state index is 0.0469. The zero-order valence-corrected chi connectivity index (χ0v) is 14.5. The van der Waals surface area contributed by atoms with E-state index in [-0.39, 0.29) is 5.78 Å². The van der Waals surface area contributed by atoms with Crippen LogP contribution in [-0.4, -0.2) is 11.5 Å². The second-order valence-electron chi connectivity index (χ2n) is 5.38. The van der Waals surface area contributed by atoms with E-state index < -0.39 is 0 Å². The Balaban J connectivity index is 2.16. The van der Waals surface area contributed by atoms with Crippen LogP contribution in [0.15, 0.2) is 47.4 Å². The minimum atomic E-state index is 0.0469. The molecule has 2 heteroatoms. The van der Waals surface area contributed by atoms with Crippen LogP contribution in [0.25, 0.3) is 6.08 Å². The Bertz CT molecular complexity index is 696. The molecule has 2 aromatic rings. The van der Waals surface area contributed by atoms with Crippen LogP contribution >= 0.6 is 11.8 Å². The van der Waals surface area contributed by atoms with Crippen LogP contribution in [0.4, 0.5) is 0 Å². The third-order valence-electron chi connectivity index (χ3n) is 3.96. The lowest BCUT2D eigenvalue weighted by Crippen LogP contribution is -1.95. The van der Waals surface area contributed by atoms with E-state index in [2.05, 4.69) is 39.8 Å². The van der Waals surface area contributed by atoms with Crippen molar-refractivity contribution >= 4 is 23.6 Å². The Kier molecular flexibility index (Phi) is 5.62. The highest BCUT2D eigenvalue weighted by Gasteiger charge is 2.04. The molecule has 0 aliphatic rings. The third kappa shape index (κ3) is 3.89. The number of aryl methyl sites for hydroxylation is 1. The van der Waals surface area contributed by atoms with Crippen LogP contribution in [0.1, 0.15) is 39.5 Å². The molecular formula is C20H22OS. The third-order valence-corrected chi connectivity index (χ3v) is 4.86. The zero-order chi connectivity index (χ0) is 16.1. The Morgan fingerprint density at radius 1 is 1.00 bits per heavy atom. The number of rotatable bonds is 5. The van der Waals surface area contributed by atoms with E-state index >= 15 is 0 Å². The lowest BCUT2D eigenvalue weighted by molar-refractivity contribution is 0.104. The summed E-state index contributed by atoms with van der Waals surface area (Å²) in [5, 5.41) is 0. The molecular weight excluding hydrogens is 288 g/mol. The van der Waals surface area contributed by atoms with Gasteiger partial charge in [-0.1, -0.05) is 25.1 Å². The van der Waals surface area contributed by atoms with Crippen molar-refractivity contribution in [1.29, 1.82) is 0 Å². The number of carbonyl (C=O) groups excluding carboxylic acids is 1. The van der Waals surface area contributed by atoms with Crippen LogP contribution < -0.4 is 0 Å². The van der Waals surface area contributed by atoms with Crippen molar-refractivity contribution in [2.45, 2.75) is 32.6 Å². The number of carbonyl (C=O) groups is 1. The molecule has 0 N–H and O–H groups in total. The molecule has 0 aliphatic carbocycles. The van der Waals surface area contributed by atoms with E-state index in [0.29, 0.717) is 0 Å². The standard InChI is InChI=1S/C20H22OS/c1-5-22-19-11-8-18(9-12-19)20(21)13-10-17-7-6-14(2)15(3)16(17)4/h6-13H,5H2,1-4H3. The first-order valence-electron chi connectivity index (χ1n) is 7.55. The predicted octanol–water partition coefficient (Wildman–Crippen LogP) is 5.62. The van der Waals surface area contributed by atoms with Crippen molar-refractivity contribution in [3.8, 4) is 0 Å². The molecule has 0 saturated carbocycles. The zero-order valence-electron chi connectivity index (χ0n) is 13.6. The molecule has 22 heavy (non-hydrogen) atoms. The fourth-order valence-electron chi connectivity index (χ4n) is 2.30. The van der Waals surface area contributed by atoms with Gasteiger partial charge in [0, 0.05) is 10.5 Å². The first-order chi connectivity index (χ1) is 10.5. The monoisotopic (exact) mass is 310 g/mol. The number of hydrogen-bond acceptors (Lipinski definition) is 2. The van der Waals surface area contributed by atoms with Crippen molar-refractivity contribution in [3.63, 3.8) is 0 Å². The molecule has 0 bridgehead atoms. The molecule has 0 aromatic heterocycles. The summed E-state index contributed by atoms with van der Waals surface area (Å²) in [7, 11) is 0. The van der Waals surface area contributed by atoms with Gasteiger partial charge in [0.25, 0.3) is 0 Å². The fourth-order valence-corrected chi connectivity index (χ4v) is 2.96. The molecule has 0 fully saturated rings. The van der Waals surface area contributed by atoms with Crippen LogP contribution in [0.5, 0.6) is 0 Å². The second kappa shape index (κ2) is 7.46.